The fourth-order valence-electron chi connectivity index (χ4n) is 1.64. The first kappa shape index (κ1) is 24.7. The smallest absolute Gasteiger partial charge is 0.311 e. The van der Waals surface area contributed by atoms with Crippen molar-refractivity contribution < 1.29 is 38.9 Å². The third-order valence-corrected chi connectivity index (χ3v) is 6.10. The SMILES string of the molecule is Nc1ccc(Cl)c(S(F)(F)(F)(F)F)c1.Nc1cccc(S(F)(F)(F)(F)F)c1Cl. The number of hydrogen-bond acceptors (Lipinski definition) is 2. The van der Waals surface area contributed by atoms with Crippen molar-refractivity contribution in [1.82, 2.24) is 0 Å². The van der Waals surface area contributed by atoms with E-state index in [1.54, 1.807) is 0 Å². The number of hydrogen-bond donors (Lipinski definition) is 2. The molecule has 0 saturated carbocycles. The highest BCUT2D eigenvalue weighted by Gasteiger charge is 2.67. The number of nitrogen functional groups attached to an aromatic ring is 2. The molecule has 0 radical (unpaired) electrons. The van der Waals surface area contributed by atoms with Gasteiger partial charge in [0, 0.05) is 5.69 Å². The van der Waals surface area contributed by atoms with E-state index in [1.165, 1.54) is 0 Å². The van der Waals surface area contributed by atoms with Crippen molar-refractivity contribution >= 4 is 55.0 Å². The Balaban J connectivity index is 0.000000280. The normalized spacial score (nSPS) is 17.3. The van der Waals surface area contributed by atoms with E-state index in [2.05, 4.69) is 0 Å². The van der Waals surface area contributed by atoms with Crippen LogP contribution in [0.1, 0.15) is 0 Å². The number of anilines is 2. The van der Waals surface area contributed by atoms with Crippen molar-refractivity contribution in [2.45, 2.75) is 9.79 Å². The van der Waals surface area contributed by atoms with Crippen LogP contribution in [-0.2, 0) is 0 Å². The molecule has 28 heavy (non-hydrogen) atoms. The Morgan fingerprint density at radius 2 is 1.11 bits per heavy atom. The van der Waals surface area contributed by atoms with Gasteiger partial charge in [0.1, 0.15) is 9.79 Å². The molecule has 0 fully saturated rings. The number of benzene rings is 2. The first-order valence-corrected chi connectivity index (χ1v) is 11.0. The molecule has 2 nitrogen and oxygen atoms in total. The van der Waals surface area contributed by atoms with Crippen molar-refractivity contribution in [2.24, 2.45) is 0 Å². The zero-order valence-electron chi connectivity index (χ0n) is 13.0. The molecule has 2 aromatic carbocycles. The molecule has 0 aliphatic carbocycles. The van der Waals surface area contributed by atoms with E-state index in [1.807, 2.05) is 0 Å². The fourth-order valence-corrected chi connectivity index (χ4v) is 4.35. The average molecular weight is 507 g/mol. The van der Waals surface area contributed by atoms with Crippen molar-refractivity contribution in [1.29, 1.82) is 0 Å². The van der Waals surface area contributed by atoms with Crippen LogP contribution in [0.15, 0.2) is 46.2 Å². The Bertz CT molecular complexity index is 901. The van der Waals surface area contributed by atoms with Gasteiger partial charge >= 0.3 is 20.4 Å². The Kier molecular flexibility index (Phi) is 4.94. The molecule has 0 spiro atoms. The van der Waals surface area contributed by atoms with Crippen LogP contribution in [0.3, 0.4) is 0 Å². The van der Waals surface area contributed by atoms with Gasteiger partial charge in [0.2, 0.25) is 0 Å². The maximum Gasteiger partial charge on any atom is 0.311 e. The van der Waals surface area contributed by atoms with Gasteiger partial charge in [-0.2, -0.15) is 0 Å². The minimum atomic E-state index is -9.72. The zero-order chi connectivity index (χ0) is 22.5. The summed E-state index contributed by atoms with van der Waals surface area (Å²) < 4.78 is 122. The summed E-state index contributed by atoms with van der Waals surface area (Å²) in [6.07, 6.45) is 0. The molecule has 2 aromatic rings. The molecular formula is C12H10Cl2F10N2S2. The summed E-state index contributed by atoms with van der Waals surface area (Å²) in [5.41, 5.74) is 9.01. The second-order valence-electron chi connectivity index (χ2n) is 5.29. The van der Waals surface area contributed by atoms with E-state index in [4.69, 9.17) is 34.7 Å². The third-order valence-electron chi connectivity index (χ3n) is 2.78. The molecule has 0 aromatic heterocycles. The van der Waals surface area contributed by atoms with Gasteiger partial charge in [-0.3, -0.25) is 0 Å². The minimum Gasteiger partial charge on any atom is -0.399 e. The van der Waals surface area contributed by atoms with Gasteiger partial charge in [0.25, 0.3) is 0 Å². The van der Waals surface area contributed by atoms with E-state index in [0.29, 0.717) is 6.07 Å². The quantitative estimate of drug-likeness (QED) is 0.315. The molecule has 164 valence electrons. The average Bonchev–Trinajstić information content (AvgIpc) is 2.40. The number of rotatable bonds is 2. The van der Waals surface area contributed by atoms with Crippen LogP contribution in [0.25, 0.3) is 0 Å². The van der Waals surface area contributed by atoms with Crippen LogP contribution in [0.5, 0.6) is 0 Å². The molecule has 0 aliphatic heterocycles. The molecule has 0 amide bonds. The summed E-state index contributed by atoms with van der Waals surface area (Å²) in [7, 11) is -19.4. The maximum absolute atomic E-state index is 12.2. The van der Waals surface area contributed by atoms with Gasteiger partial charge in [-0.25, -0.2) is 0 Å². The van der Waals surface area contributed by atoms with E-state index in [0.717, 1.165) is 18.2 Å². The van der Waals surface area contributed by atoms with Gasteiger partial charge in [-0.1, -0.05) is 68.1 Å². The first-order chi connectivity index (χ1) is 11.8. The molecule has 0 aliphatic rings. The number of nitrogens with two attached hydrogens (primary N) is 2. The van der Waals surface area contributed by atoms with Crippen LogP contribution in [-0.4, -0.2) is 0 Å². The summed E-state index contributed by atoms with van der Waals surface area (Å²) >= 11 is 10.1. The highest BCUT2D eigenvalue weighted by molar-refractivity contribution is 8.46. The largest absolute Gasteiger partial charge is 0.399 e. The van der Waals surface area contributed by atoms with Gasteiger partial charge in [0.15, 0.2) is 0 Å². The second-order valence-corrected chi connectivity index (χ2v) is 10.8. The summed E-state index contributed by atoms with van der Waals surface area (Å²) in [4.78, 5) is -4.29. The highest BCUT2D eigenvalue weighted by Crippen LogP contribution is 3.03. The molecule has 0 atom stereocenters. The van der Waals surface area contributed by atoms with Crippen molar-refractivity contribution in [3.05, 3.63) is 46.4 Å². The molecule has 0 unspecified atom stereocenters. The predicted molar refractivity (Wildman–Crippen MR) is 94.5 cm³/mol. The topological polar surface area (TPSA) is 52.0 Å². The predicted octanol–water partition coefficient (Wildman–Crippen LogP) is 9.16. The lowest BCUT2D eigenvalue weighted by atomic mass is 10.3. The van der Waals surface area contributed by atoms with Crippen LogP contribution < -0.4 is 11.5 Å². The van der Waals surface area contributed by atoms with Gasteiger partial charge < -0.3 is 11.5 Å². The van der Waals surface area contributed by atoms with Crippen molar-refractivity contribution in [3.63, 3.8) is 0 Å². The third kappa shape index (κ3) is 6.60. The summed E-state index contributed by atoms with van der Waals surface area (Å²) in [6, 6.07) is 3.81. The van der Waals surface area contributed by atoms with E-state index < -0.39 is 51.7 Å². The summed E-state index contributed by atoms with van der Waals surface area (Å²) in [5, 5.41) is -2.22. The van der Waals surface area contributed by atoms with Crippen LogP contribution in [0, 0.1) is 0 Å². The summed E-state index contributed by atoms with van der Waals surface area (Å²) in [5.74, 6) is 0. The molecule has 4 N–H and O–H groups in total. The monoisotopic (exact) mass is 506 g/mol. The van der Waals surface area contributed by atoms with E-state index in [9.17, 15) is 38.9 Å². The molecule has 16 heteroatoms. The fraction of sp³-hybridized carbons (Fsp3) is 0. The van der Waals surface area contributed by atoms with Crippen LogP contribution in [0.2, 0.25) is 10.0 Å². The molecular weight excluding hydrogens is 497 g/mol. The van der Waals surface area contributed by atoms with Crippen LogP contribution >= 0.6 is 43.6 Å². The van der Waals surface area contributed by atoms with Crippen molar-refractivity contribution in [2.75, 3.05) is 11.5 Å². The lowest BCUT2D eigenvalue weighted by Gasteiger charge is -2.41. The minimum absolute atomic E-state index is 0.129. The molecule has 2 rings (SSSR count). The van der Waals surface area contributed by atoms with Gasteiger partial charge in [0.05, 0.1) is 15.7 Å². The first-order valence-electron chi connectivity index (χ1n) is 6.39. The Morgan fingerprint density at radius 3 is 1.46 bits per heavy atom. The standard InChI is InChI=1S/2C6H5ClF5NS/c7-5-2-1-4(13)3-6(5)14(8,9,10,11)12;7-6-4(13)2-1-3-5(6)14(8,9,10,11)12/h2*1-3H,13H2. The Labute approximate surface area is 161 Å². The lowest BCUT2D eigenvalue weighted by Crippen LogP contribution is -2.07. The number of halogens is 12. The van der Waals surface area contributed by atoms with Crippen molar-refractivity contribution in [3.8, 4) is 0 Å². The molecule has 0 heterocycles. The van der Waals surface area contributed by atoms with E-state index >= 15 is 0 Å². The van der Waals surface area contributed by atoms with E-state index in [-0.39, 0.29) is 12.1 Å². The van der Waals surface area contributed by atoms with Crippen LogP contribution in [0.4, 0.5) is 50.2 Å². The Hall–Kier alpha value is -1.38. The zero-order valence-corrected chi connectivity index (χ0v) is 16.1. The molecule has 0 saturated heterocycles. The van der Waals surface area contributed by atoms with Gasteiger partial charge in [-0.05, 0) is 30.3 Å². The highest BCUT2D eigenvalue weighted by atomic mass is 35.5. The Morgan fingerprint density at radius 1 is 0.643 bits per heavy atom. The maximum atomic E-state index is 12.2. The second kappa shape index (κ2) is 5.61. The lowest BCUT2D eigenvalue weighted by molar-refractivity contribution is 0.360. The molecule has 0 bridgehead atoms. The summed E-state index contributed by atoms with van der Waals surface area (Å²) in [6.45, 7) is 0. The van der Waals surface area contributed by atoms with Gasteiger partial charge in [-0.15, -0.1) is 0 Å².